The van der Waals surface area contributed by atoms with Gasteiger partial charge in [0.1, 0.15) is 0 Å². The van der Waals surface area contributed by atoms with Gasteiger partial charge >= 0.3 is 0 Å². The molecule has 1 aliphatic rings. The predicted molar refractivity (Wildman–Crippen MR) is 56.9 cm³/mol. The summed E-state index contributed by atoms with van der Waals surface area (Å²) in [5.41, 5.74) is 5.15. The third-order valence-corrected chi connectivity index (χ3v) is 3.08. The van der Waals surface area contributed by atoms with Gasteiger partial charge in [-0.05, 0) is 27.7 Å². The molecular formula is C10H21N3O. The minimum atomic E-state index is -0.457. The Morgan fingerprint density at radius 3 is 2.64 bits per heavy atom. The summed E-state index contributed by atoms with van der Waals surface area (Å²) in [5, 5.41) is 2.88. The van der Waals surface area contributed by atoms with Gasteiger partial charge in [-0.25, -0.2) is 0 Å². The maximum absolute atomic E-state index is 11.7. The minimum Gasteiger partial charge on any atom is -0.353 e. The van der Waals surface area contributed by atoms with Crippen LogP contribution in [-0.2, 0) is 4.79 Å². The molecule has 82 valence electrons. The van der Waals surface area contributed by atoms with Crippen LogP contribution in [0.2, 0.25) is 0 Å². The molecule has 1 fully saturated rings. The Balaban J connectivity index is 2.92. The van der Waals surface area contributed by atoms with Crippen molar-refractivity contribution >= 4 is 5.91 Å². The summed E-state index contributed by atoms with van der Waals surface area (Å²) in [4.78, 5) is 13.9. The molecule has 0 saturated carbocycles. The van der Waals surface area contributed by atoms with Gasteiger partial charge in [0, 0.05) is 25.2 Å². The van der Waals surface area contributed by atoms with Crippen LogP contribution in [-0.4, -0.2) is 41.5 Å². The van der Waals surface area contributed by atoms with Gasteiger partial charge in [0.25, 0.3) is 0 Å². The first kappa shape index (κ1) is 11.5. The van der Waals surface area contributed by atoms with Gasteiger partial charge in [-0.3, -0.25) is 9.69 Å². The van der Waals surface area contributed by atoms with Gasteiger partial charge in [0.05, 0.1) is 5.54 Å². The van der Waals surface area contributed by atoms with E-state index in [2.05, 4.69) is 24.1 Å². The molecule has 0 radical (unpaired) electrons. The minimum absolute atomic E-state index is 0.0882. The van der Waals surface area contributed by atoms with Crippen LogP contribution in [0, 0.1) is 0 Å². The monoisotopic (exact) mass is 199 g/mol. The van der Waals surface area contributed by atoms with Crippen LogP contribution >= 0.6 is 0 Å². The van der Waals surface area contributed by atoms with Crippen LogP contribution < -0.4 is 11.1 Å². The molecule has 4 heteroatoms. The van der Waals surface area contributed by atoms with Crippen LogP contribution in [0.15, 0.2) is 0 Å². The van der Waals surface area contributed by atoms with Crippen molar-refractivity contribution < 1.29 is 4.79 Å². The fraction of sp³-hybridized carbons (Fsp3) is 0.900. The van der Waals surface area contributed by atoms with Gasteiger partial charge < -0.3 is 11.1 Å². The fourth-order valence-corrected chi connectivity index (χ4v) is 2.07. The van der Waals surface area contributed by atoms with Gasteiger partial charge in [0.2, 0.25) is 5.91 Å². The lowest BCUT2D eigenvalue weighted by atomic mass is 9.90. The van der Waals surface area contributed by atoms with E-state index in [1.54, 1.807) is 0 Å². The van der Waals surface area contributed by atoms with Crippen LogP contribution in [0.1, 0.15) is 27.7 Å². The van der Waals surface area contributed by atoms with E-state index in [9.17, 15) is 4.79 Å². The number of nitrogens with two attached hydrogens (primary N) is 1. The number of piperazine rings is 1. The van der Waals surface area contributed by atoms with Crippen molar-refractivity contribution in [2.24, 2.45) is 5.73 Å². The van der Waals surface area contributed by atoms with E-state index in [0.29, 0.717) is 13.1 Å². The lowest BCUT2D eigenvalue weighted by Gasteiger charge is -2.49. The molecular weight excluding hydrogens is 178 g/mol. The third kappa shape index (κ3) is 1.77. The van der Waals surface area contributed by atoms with Crippen LogP contribution in [0.25, 0.3) is 0 Å². The SMILES string of the molecule is CC(C)(CN)N1CCNC(=O)C1(C)C. The lowest BCUT2D eigenvalue weighted by molar-refractivity contribution is -0.139. The molecule has 0 bridgehead atoms. The Bertz CT molecular complexity index is 236. The number of carbonyl (C=O) groups excluding carboxylic acids is 1. The molecule has 0 aromatic rings. The summed E-state index contributed by atoms with van der Waals surface area (Å²) < 4.78 is 0. The number of rotatable bonds is 2. The maximum Gasteiger partial charge on any atom is 0.240 e. The van der Waals surface area contributed by atoms with Gasteiger partial charge in [-0.15, -0.1) is 0 Å². The molecule has 1 aliphatic heterocycles. The number of hydrogen-bond acceptors (Lipinski definition) is 3. The molecule has 0 atom stereocenters. The van der Waals surface area contributed by atoms with Crippen molar-refractivity contribution in [1.82, 2.24) is 10.2 Å². The van der Waals surface area contributed by atoms with Crippen molar-refractivity contribution in [1.29, 1.82) is 0 Å². The number of amides is 1. The van der Waals surface area contributed by atoms with Gasteiger partial charge in [0.15, 0.2) is 0 Å². The standard InChI is InChI=1S/C10H21N3O/c1-9(2,7-11)13-6-5-12-8(14)10(13,3)4/h5-7,11H2,1-4H3,(H,12,14). The highest BCUT2D eigenvalue weighted by Gasteiger charge is 2.43. The van der Waals surface area contributed by atoms with E-state index in [0.717, 1.165) is 6.54 Å². The first-order valence-corrected chi connectivity index (χ1v) is 5.08. The molecule has 0 aromatic carbocycles. The van der Waals surface area contributed by atoms with Crippen LogP contribution in [0.5, 0.6) is 0 Å². The molecule has 0 aliphatic carbocycles. The molecule has 1 saturated heterocycles. The summed E-state index contributed by atoms with van der Waals surface area (Å²) in [6.07, 6.45) is 0. The second kappa shape index (κ2) is 3.51. The molecule has 0 spiro atoms. The van der Waals surface area contributed by atoms with Crippen molar-refractivity contribution in [2.75, 3.05) is 19.6 Å². The zero-order valence-corrected chi connectivity index (χ0v) is 9.55. The Morgan fingerprint density at radius 1 is 1.57 bits per heavy atom. The molecule has 1 rings (SSSR count). The normalized spacial score (nSPS) is 23.4. The Hall–Kier alpha value is -0.610. The van der Waals surface area contributed by atoms with Gasteiger partial charge in [-0.2, -0.15) is 0 Å². The second-order valence-corrected chi connectivity index (χ2v) is 4.98. The summed E-state index contributed by atoms with van der Waals surface area (Å²) in [5.74, 6) is 0.0882. The van der Waals surface area contributed by atoms with E-state index >= 15 is 0 Å². The molecule has 1 amide bonds. The number of nitrogens with zero attached hydrogens (tertiary/aromatic N) is 1. The third-order valence-electron chi connectivity index (χ3n) is 3.08. The Morgan fingerprint density at radius 2 is 2.14 bits per heavy atom. The van der Waals surface area contributed by atoms with Crippen molar-refractivity contribution in [2.45, 2.75) is 38.8 Å². The lowest BCUT2D eigenvalue weighted by Crippen LogP contribution is -2.68. The zero-order chi connectivity index (χ0) is 11.0. The number of carbonyl (C=O) groups is 1. The Kier molecular flexibility index (Phi) is 2.88. The largest absolute Gasteiger partial charge is 0.353 e. The highest BCUT2D eigenvalue weighted by molar-refractivity contribution is 5.86. The molecule has 4 nitrogen and oxygen atoms in total. The fourth-order valence-electron chi connectivity index (χ4n) is 2.07. The zero-order valence-electron chi connectivity index (χ0n) is 9.55. The van der Waals surface area contributed by atoms with E-state index < -0.39 is 5.54 Å². The number of hydrogen-bond donors (Lipinski definition) is 2. The van der Waals surface area contributed by atoms with E-state index in [-0.39, 0.29) is 11.4 Å². The summed E-state index contributed by atoms with van der Waals surface area (Å²) in [6, 6.07) is 0. The van der Waals surface area contributed by atoms with Gasteiger partial charge in [-0.1, -0.05) is 0 Å². The molecule has 0 unspecified atom stereocenters. The smallest absolute Gasteiger partial charge is 0.240 e. The van der Waals surface area contributed by atoms with E-state index in [1.165, 1.54) is 0 Å². The first-order valence-electron chi connectivity index (χ1n) is 5.08. The highest BCUT2D eigenvalue weighted by Crippen LogP contribution is 2.26. The molecule has 0 aromatic heterocycles. The molecule has 1 heterocycles. The average Bonchev–Trinajstić information content (AvgIpc) is 2.09. The highest BCUT2D eigenvalue weighted by atomic mass is 16.2. The van der Waals surface area contributed by atoms with Crippen molar-refractivity contribution in [3.63, 3.8) is 0 Å². The summed E-state index contributed by atoms with van der Waals surface area (Å²) >= 11 is 0. The maximum atomic E-state index is 11.7. The second-order valence-electron chi connectivity index (χ2n) is 4.98. The molecule has 3 N–H and O–H groups in total. The quantitative estimate of drug-likeness (QED) is 0.655. The van der Waals surface area contributed by atoms with Crippen molar-refractivity contribution in [3.8, 4) is 0 Å². The number of nitrogens with one attached hydrogen (secondary N) is 1. The average molecular weight is 199 g/mol. The topological polar surface area (TPSA) is 58.4 Å². The molecule has 14 heavy (non-hydrogen) atoms. The van der Waals surface area contributed by atoms with Crippen molar-refractivity contribution in [3.05, 3.63) is 0 Å². The first-order chi connectivity index (χ1) is 6.32. The van der Waals surface area contributed by atoms with E-state index in [4.69, 9.17) is 5.73 Å². The summed E-state index contributed by atoms with van der Waals surface area (Å²) in [7, 11) is 0. The van der Waals surface area contributed by atoms with Crippen LogP contribution in [0.3, 0.4) is 0 Å². The van der Waals surface area contributed by atoms with Crippen LogP contribution in [0.4, 0.5) is 0 Å². The van der Waals surface area contributed by atoms with E-state index in [1.807, 2.05) is 13.8 Å². The summed E-state index contributed by atoms with van der Waals surface area (Å²) in [6.45, 7) is 10.2. The predicted octanol–water partition coefficient (Wildman–Crippen LogP) is -0.0659. The Labute approximate surface area is 85.8 Å².